The molecule has 1 aliphatic rings. The van der Waals surface area contributed by atoms with E-state index < -0.39 is 0 Å². The van der Waals surface area contributed by atoms with Gasteiger partial charge in [0.25, 0.3) is 0 Å². The molecule has 4 nitrogen and oxygen atoms in total. The average molecular weight is 277 g/mol. The maximum atomic E-state index is 11.2. The molecule has 1 saturated heterocycles. The summed E-state index contributed by atoms with van der Waals surface area (Å²) < 4.78 is 5.77. The number of likely N-dealkylation sites (N-methyl/N-ethyl adjacent to an activating group) is 1. The van der Waals surface area contributed by atoms with Crippen LogP contribution in [0.25, 0.3) is 0 Å². The number of nitrogens with zero attached hydrogens (tertiary/aromatic N) is 2. The molecule has 4 heteroatoms. The second-order valence-corrected chi connectivity index (χ2v) is 5.88. The summed E-state index contributed by atoms with van der Waals surface area (Å²) in [6.45, 7) is 6.29. The third kappa shape index (κ3) is 4.32. The molecule has 0 bridgehead atoms. The van der Waals surface area contributed by atoms with Crippen molar-refractivity contribution in [3.63, 3.8) is 0 Å². The van der Waals surface area contributed by atoms with E-state index in [9.17, 15) is 4.79 Å². The highest BCUT2D eigenvalue weighted by Gasteiger charge is 2.28. The van der Waals surface area contributed by atoms with Gasteiger partial charge >= 0.3 is 5.97 Å². The van der Waals surface area contributed by atoms with Crippen molar-refractivity contribution in [2.24, 2.45) is 0 Å². The van der Waals surface area contributed by atoms with Gasteiger partial charge in [-0.25, -0.2) is 0 Å². The Bertz CT molecular complexity index is 425. The lowest BCUT2D eigenvalue weighted by atomic mass is 10.1. The molecule has 0 saturated carbocycles. The van der Waals surface area contributed by atoms with Gasteiger partial charge in [-0.2, -0.15) is 0 Å². The van der Waals surface area contributed by atoms with Gasteiger partial charge in [-0.1, -0.05) is 30.3 Å². The number of piperazine rings is 1. The fraction of sp³-hybridized carbons (Fsp3) is 0.562. The number of quaternary nitrogens is 1. The molecule has 1 aromatic carbocycles. The first kappa shape index (κ1) is 15.0. The van der Waals surface area contributed by atoms with E-state index in [0.717, 1.165) is 43.8 Å². The first-order chi connectivity index (χ1) is 9.61. The topological polar surface area (TPSA) is 29.5 Å². The zero-order valence-corrected chi connectivity index (χ0v) is 12.5. The summed E-state index contributed by atoms with van der Waals surface area (Å²) >= 11 is 0. The first-order valence-corrected chi connectivity index (χ1v) is 7.28. The van der Waals surface area contributed by atoms with Gasteiger partial charge in [0.15, 0.2) is 0 Å². The van der Waals surface area contributed by atoms with Crippen LogP contribution in [0.15, 0.2) is 30.3 Å². The van der Waals surface area contributed by atoms with E-state index in [-0.39, 0.29) is 5.97 Å². The zero-order chi connectivity index (χ0) is 14.4. The van der Waals surface area contributed by atoms with Gasteiger partial charge in [-0.3, -0.25) is 9.69 Å². The van der Waals surface area contributed by atoms with Gasteiger partial charge in [0.2, 0.25) is 0 Å². The predicted molar refractivity (Wildman–Crippen MR) is 79.1 cm³/mol. The molecule has 0 aliphatic carbocycles. The number of rotatable bonds is 5. The fourth-order valence-corrected chi connectivity index (χ4v) is 2.75. The molecule has 0 radical (unpaired) electrons. The molecule has 1 aromatic rings. The van der Waals surface area contributed by atoms with Gasteiger partial charge in [0.1, 0.15) is 6.54 Å². The summed E-state index contributed by atoms with van der Waals surface area (Å²) in [7, 11) is 3.77. The average Bonchev–Trinajstić information content (AvgIpc) is 2.47. The third-order valence-corrected chi connectivity index (χ3v) is 4.18. The summed E-state index contributed by atoms with van der Waals surface area (Å²) in [5, 5.41) is 0. The third-order valence-electron chi connectivity index (χ3n) is 4.18. The highest BCUT2D eigenvalue weighted by Crippen LogP contribution is 2.16. The van der Waals surface area contributed by atoms with E-state index in [1.54, 1.807) is 0 Å². The van der Waals surface area contributed by atoms with Crippen LogP contribution in [0, 0.1) is 0 Å². The number of ether oxygens (including phenoxy) is 1. The molecule has 0 spiro atoms. The van der Waals surface area contributed by atoms with E-state index in [1.165, 1.54) is 12.7 Å². The standard InChI is InChI=1S/C16H25N2O2/c1-18(14-15-6-4-3-5-7-15)12-10-17(11-13-18)9-8-16(19)20-2/h3-7H,8-14H2,1-2H3/q+1. The lowest BCUT2D eigenvalue weighted by molar-refractivity contribution is -0.926. The van der Waals surface area contributed by atoms with Crippen LogP contribution in [0.4, 0.5) is 0 Å². The number of hydrogen-bond donors (Lipinski definition) is 0. The van der Waals surface area contributed by atoms with Crippen LogP contribution in [-0.4, -0.2) is 62.2 Å². The number of methoxy groups -OCH3 is 1. The summed E-state index contributed by atoms with van der Waals surface area (Å²) in [4.78, 5) is 13.5. The Balaban J connectivity index is 1.79. The molecule has 0 N–H and O–H groups in total. The Morgan fingerprint density at radius 1 is 1.25 bits per heavy atom. The van der Waals surface area contributed by atoms with Crippen LogP contribution in [0.3, 0.4) is 0 Å². The van der Waals surface area contributed by atoms with Gasteiger partial charge in [-0.05, 0) is 0 Å². The second kappa shape index (κ2) is 6.86. The maximum absolute atomic E-state index is 11.2. The highest BCUT2D eigenvalue weighted by atomic mass is 16.5. The van der Waals surface area contributed by atoms with Crippen molar-refractivity contribution in [1.82, 2.24) is 4.90 Å². The summed E-state index contributed by atoms with van der Waals surface area (Å²) in [5.74, 6) is -0.114. The molecule has 1 heterocycles. The minimum absolute atomic E-state index is 0.114. The van der Waals surface area contributed by atoms with E-state index >= 15 is 0 Å². The van der Waals surface area contributed by atoms with Gasteiger partial charge in [-0.15, -0.1) is 0 Å². The molecule has 1 aliphatic heterocycles. The zero-order valence-electron chi connectivity index (χ0n) is 12.5. The van der Waals surface area contributed by atoms with Crippen LogP contribution in [0.2, 0.25) is 0 Å². The molecule has 0 aromatic heterocycles. The first-order valence-electron chi connectivity index (χ1n) is 7.28. The Labute approximate surface area is 121 Å². The Morgan fingerprint density at radius 3 is 2.50 bits per heavy atom. The van der Waals surface area contributed by atoms with Crippen molar-refractivity contribution in [2.45, 2.75) is 13.0 Å². The molecule has 0 unspecified atom stereocenters. The Morgan fingerprint density at radius 2 is 1.90 bits per heavy atom. The van der Waals surface area contributed by atoms with Crippen LogP contribution < -0.4 is 0 Å². The Hall–Kier alpha value is -1.39. The normalized spacial score (nSPS) is 18.7. The summed E-state index contributed by atoms with van der Waals surface area (Å²) in [6.07, 6.45) is 0.499. The molecule has 2 rings (SSSR count). The van der Waals surface area contributed by atoms with E-state index in [0.29, 0.717) is 6.42 Å². The maximum Gasteiger partial charge on any atom is 0.306 e. The highest BCUT2D eigenvalue weighted by molar-refractivity contribution is 5.69. The number of esters is 1. The van der Waals surface area contributed by atoms with Crippen LogP contribution in [-0.2, 0) is 16.1 Å². The van der Waals surface area contributed by atoms with Crippen molar-refractivity contribution in [2.75, 3.05) is 46.9 Å². The molecule has 0 atom stereocenters. The molecule has 1 fully saturated rings. The van der Waals surface area contributed by atoms with E-state index in [1.807, 2.05) is 0 Å². The van der Waals surface area contributed by atoms with Crippen molar-refractivity contribution in [3.8, 4) is 0 Å². The smallest absolute Gasteiger partial charge is 0.306 e. The minimum Gasteiger partial charge on any atom is -0.469 e. The lowest BCUT2D eigenvalue weighted by Gasteiger charge is -2.42. The second-order valence-electron chi connectivity index (χ2n) is 5.88. The van der Waals surface area contributed by atoms with E-state index in [4.69, 9.17) is 4.74 Å². The van der Waals surface area contributed by atoms with Gasteiger partial charge in [0.05, 0.1) is 33.7 Å². The molecular weight excluding hydrogens is 252 g/mol. The summed E-state index contributed by atoms with van der Waals surface area (Å²) in [6, 6.07) is 10.7. The van der Waals surface area contributed by atoms with Crippen molar-refractivity contribution in [3.05, 3.63) is 35.9 Å². The molecule has 20 heavy (non-hydrogen) atoms. The lowest BCUT2D eigenvalue weighted by Crippen LogP contribution is -2.56. The van der Waals surface area contributed by atoms with Crippen molar-refractivity contribution in [1.29, 1.82) is 0 Å². The molecule has 110 valence electrons. The van der Waals surface area contributed by atoms with Gasteiger partial charge < -0.3 is 9.22 Å². The predicted octanol–water partition coefficient (Wildman–Crippen LogP) is 1.51. The monoisotopic (exact) mass is 277 g/mol. The largest absolute Gasteiger partial charge is 0.469 e. The van der Waals surface area contributed by atoms with Crippen LogP contribution in [0.5, 0.6) is 0 Å². The number of carbonyl (C=O) groups excluding carboxylic acids is 1. The molecular formula is C16H25N2O2+. The van der Waals surface area contributed by atoms with Crippen LogP contribution in [0.1, 0.15) is 12.0 Å². The quantitative estimate of drug-likeness (QED) is 0.603. The number of carbonyl (C=O) groups is 1. The number of benzene rings is 1. The Kier molecular flexibility index (Phi) is 5.15. The van der Waals surface area contributed by atoms with Crippen molar-refractivity contribution >= 4 is 5.97 Å². The van der Waals surface area contributed by atoms with Gasteiger partial charge in [0, 0.05) is 25.2 Å². The fourth-order valence-electron chi connectivity index (χ4n) is 2.75. The van der Waals surface area contributed by atoms with E-state index in [2.05, 4.69) is 42.3 Å². The van der Waals surface area contributed by atoms with Crippen LogP contribution >= 0.6 is 0 Å². The molecule has 0 amide bonds. The van der Waals surface area contributed by atoms with Crippen molar-refractivity contribution < 1.29 is 14.0 Å². The SMILES string of the molecule is COC(=O)CCN1CC[N+](C)(Cc2ccccc2)CC1. The minimum atomic E-state index is -0.114. The number of hydrogen-bond acceptors (Lipinski definition) is 3. The summed E-state index contributed by atoms with van der Waals surface area (Å²) in [5.41, 5.74) is 1.40.